The molecule has 5 aromatic rings. The van der Waals surface area contributed by atoms with Crippen LogP contribution in [0.3, 0.4) is 0 Å². The number of rotatable bonds is 8. The lowest BCUT2D eigenvalue weighted by Crippen LogP contribution is -2.25. The second kappa shape index (κ2) is 11.4. The number of sulfonamides is 1. The number of aromatic nitrogens is 1. The summed E-state index contributed by atoms with van der Waals surface area (Å²) in [6, 6.07) is 26.1. The number of carbonyl (C=O) groups is 1. The summed E-state index contributed by atoms with van der Waals surface area (Å²) in [5, 5.41) is 3.69. The van der Waals surface area contributed by atoms with Crippen LogP contribution >= 0.6 is 0 Å². The molecule has 0 fully saturated rings. The summed E-state index contributed by atoms with van der Waals surface area (Å²) < 4.78 is 36.5. The van der Waals surface area contributed by atoms with Gasteiger partial charge < -0.3 is 14.3 Å². The third-order valence-corrected chi connectivity index (χ3v) is 8.98. The van der Waals surface area contributed by atoms with Crippen molar-refractivity contribution in [3.8, 4) is 0 Å². The first-order valence-corrected chi connectivity index (χ1v) is 15.9. The molecule has 224 valence electrons. The third-order valence-electron chi connectivity index (χ3n) is 7.58. The first-order chi connectivity index (χ1) is 20.2. The molecule has 0 bridgehead atoms. The predicted molar refractivity (Wildman–Crippen MR) is 172 cm³/mol. The van der Waals surface area contributed by atoms with Gasteiger partial charge in [0.25, 0.3) is 15.9 Å². The summed E-state index contributed by atoms with van der Waals surface area (Å²) in [7, 11) is -3.81. The quantitative estimate of drug-likeness (QED) is 0.193. The van der Waals surface area contributed by atoms with Gasteiger partial charge in [0.15, 0.2) is 0 Å². The Hall–Kier alpha value is -4.30. The van der Waals surface area contributed by atoms with Gasteiger partial charge in [0.05, 0.1) is 17.7 Å². The molecule has 0 radical (unpaired) electrons. The molecule has 0 atom stereocenters. The molecular weight excluding hydrogens is 558 g/mol. The van der Waals surface area contributed by atoms with Gasteiger partial charge in [-0.2, -0.15) is 0 Å². The third kappa shape index (κ3) is 6.86. The number of carbonyl (C=O) groups excluding carboxylic acids is 1. The SMILES string of the molecule is CC(C)(C)c1ccc(Cn2c(C(=O)NCc3ccco3)cc3cc(NS(=O)(=O)c4ccc(C(C)(C)C)cc4)ccc32)cc1. The smallest absolute Gasteiger partial charge is 0.268 e. The van der Waals surface area contributed by atoms with Gasteiger partial charge >= 0.3 is 0 Å². The fourth-order valence-electron chi connectivity index (χ4n) is 5.00. The molecule has 0 saturated carbocycles. The maximum Gasteiger partial charge on any atom is 0.268 e. The fraction of sp³-hybridized carbons (Fsp3) is 0.286. The zero-order valence-corrected chi connectivity index (χ0v) is 26.4. The standard InChI is InChI=1S/C35H39N3O4S/c1-34(2,3)26-11-9-24(10-12-26)23-38-31-18-15-28(37-43(40,41)30-16-13-27(14-17-30)35(4,5)6)20-25(31)21-32(38)33(39)36-22-29-8-7-19-42-29/h7-21,37H,22-23H2,1-6H3,(H,36,39). The molecule has 7 nitrogen and oxygen atoms in total. The summed E-state index contributed by atoms with van der Waals surface area (Å²) in [6.45, 7) is 13.5. The number of hydrogen-bond donors (Lipinski definition) is 2. The zero-order chi connectivity index (χ0) is 31.0. The molecular formula is C35H39N3O4S. The van der Waals surface area contributed by atoms with Crippen molar-refractivity contribution >= 4 is 32.5 Å². The maximum absolute atomic E-state index is 13.4. The molecule has 0 aliphatic carbocycles. The van der Waals surface area contributed by atoms with Crippen LogP contribution in [-0.2, 0) is 33.9 Å². The molecule has 0 aliphatic heterocycles. The van der Waals surface area contributed by atoms with E-state index in [4.69, 9.17) is 4.42 Å². The normalized spacial score (nSPS) is 12.4. The summed E-state index contributed by atoms with van der Waals surface area (Å²) in [5.41, 5.74) is 5.00. The number of nitrogens with one attached hydrogen (secondary N) is 2. The number of fused-ring (bicyclic) bond motifs is 1. The highest BCUT2D eigenvalue weighted by Gasteiger charge is 2.21. The Balaban J connectivity index is 1.46. The lowest BCUT2D eigenvalue weighted by molar-refractivity contribution is 0.0939. The van der Waals surface area contributed by atoms with Crippen molar-refractivity contribution in [3.05, 3.63) is 119 Å². The minimum absolute atomic E-state index is 0.0357. The van der Waals surface area contributed by atoms with Gasteiger partial charge in [0.2, 0.25) is 0 Å². The minimum atomic E-state index is -3.81. The van der Waals surface area contributed by atoms with Crippen molar-refractivity contribution in [2.45, 2.75) is 70.4 Å². The Morgan fingerprint density at radius 3 is 2.02 bits per heavy atom. The van der Waals surface area contributed by atoms with Crippen molar-refractivity contribution < 1.29 is 17.6 Å². The first kappa shape index (κ1) is 30.2. The molecule has 43 heavy (non-hydrogen) atoms. The summed E-state index contributed by atoms with van der Waals surface area (Å²) >= 11 is 0. The zero-order valence-electron chi connectivity index (χ0n) is 25.6. The highest BCUT2D eigenvalue weighted by atomic mass is 32.2. The van der Waals surface area contributed by atoms with Crippen molar-refractivity contribution in [3.63, 3.8) is 0 Å². The summed E-state index contributed by atoms with van der Waals surface area (Å²) in [6.07, 6.45) is 1.57. The van der Waals surface area contributed by atoms with E-state index >= 15 is 0 Å². The number of amides is 1. The molecule has 3 aromatic carbocycles. The molecule has 0 unspecified atom stereocenters. The van der Waals surface area contributed by atoms with Gasteiger partial charge in [-0.05, 0) is 76.1 Å². The van der Waals surface area contributed by atoms with Gasteiger partial charge in [-0.15, -0.1) is 0 Å². The van der Waals surface area contributed by atoms with E-state index in [0.29, 0.717) is 23.7 Å². The highest BCUT2D eigenvalue weighted by molar-refractivity contribution is 7.92. The number of anilines is 1. The van der Waals surface area contributed by atoms with Crippen molar-refractivity contribution in [2.24, 2.45) is 0 Å². The van der Waals surface area contributed by atoms with Crippen LogP contribution in [0.5, 0.6) is 0 Å². The maximum atomic E-state index is 13.4. The monoisotopic (exact) mass is 597 g/mol. The van der Waals surface area contributed by atoms with Crippen LogP contribution in [0.15, 0.2) is 101 Å². The van der Waals surface area contributed by atoms with E-state index in [1.807, 2.05) is 28.8 Å². The van der Waals surface area contributed by atoms with E-state index in [9.17, 15) is 13.2 Å². The van der Waals surface area contributed by atoms with Crippen LogP contribution in [-0.4, -0.2) is 18.9 Å². The lowest BCUT2D eigenvalue weighted by Gasteiger charge is -2.19. The molecule has 0 saturated heterocycles. The molecule has 5 rings (SSSR count). The van der Waals surface area contributed by atoms with Gasteiger partial charge in [-0.3, -0.25) is 9.52 Å². The van der Waals surface area contributed by atoms with Crippen LogP contribution in [0.2, 0.25) is 0 Å². The van der Waals surface area contributed by atoms with Crippen molar-refractivity contribution in [1.29, 1.82) is 0 Å². The molecule has 8 heteroatoms. The largest absolute Gasteiger partial charge is 0.467 e. The molecule has 0 aliphatic rings. The Morgan fingerprint density at radius 1 is 0.814 bits per heavy atom. The van der Waals surface area contributed by atoms with Crippen LogP contribution in [0, 0.1) is 0 Å². The molecule has 1 amide bonds. The van der Waals surface area contributed by atoms with Crippen molar-refractivity contribution in [1.82, 2.24) is 9.88 Å². The van der Waals surface area contributed by atoms with E-state index in [-0.39, 0.29) is 28.2 Å². The van der Waals surface area contributed by atoms with E-state index in [1.54, 1.807) is 42.7 Å². The molecule has 0 spiro atoms. The Labute approximate surface area is 254 Å². The van der Waals surface area contributed by atoms with E-state index in [1.165, 1.54) is 5.56 Å². The topological polar surface area (TPSA) is 93.3 Å². The minimum Gasteiger partial charge on any atom is -0.467 e. The van der Waals surface area contributed by atoms with Gasteiger partial charge in [0, 0.05) is 23.1 Å². The van der Waals surface area contributed by atoms with Crippen molar-refractivity contribution in [2.75, 3.05) is 4.72 Å². The summed E-state index contributed by atoms with van der Waals surface area (Å²) in [5.74, 6) is 0.404. The highest BCUT2D eigenvalue weighted by Crippen LogP contribution is 2.29. The Kier molecular flexibility index (Phi) is 8.01. The second-order valence-electron chi connectivity index (χ2n) is 13.0. The molecule has 2 heterocycles. The van der Waals surface area contributed by atoms with Crippen LogP contribution in [0.25, 0.3) is 10.9 Å². The molecule has 2 aromatic heterocycles. The second-order valence-corrected chi connectivity index (χ2v) is 14.7. The number of benzene rings is 3. The van der Waals surface area contributed by atoms with Gasteiger partial charge in [-0.1, -0.05) is 77.9 Å². The van der Waals surface area contributed by atoms with E-state index in [2.05, 4.69) is 75.8 Å². The van der Waals surface area contributed by atoms with E-state index in [0.717, 1.165) is 22.0 Å². The summed E-state index contributed by atoms with van der Waals surface area (Å²) in [4.78, 5) is 13.6. The van der Waals surface area contributed by atoms with Crippen LogP contribution in [0.4, 0.5) is 5.69 Å². The average Bonchev–Trinajstić information content (AvgIpc) is 3.59. The van der Waals surface area contributed by atoms with Crippen LogP contribution in [0.1, 0.15) is 74.5 Å². The number of furan rings is 1. The Bertz CT molecular complexity index is 1840. The lowest BCUT2D eigenvalue weighted by atomic mass is 9.87. The molecule has 2 N–H and O–H groups in total. The fourth-order valence-corrected chi connectivity index (χ4v) is 6.05. The van der Waals surface area contributed by atoms with Gasteiger partial charge in [0.1, 0.15) is 11.5 Å². The van der Waals surface area contributed by atoms with Crippen LogP contribution < -0.4 is 10.0 Å². The van der Waals surface area contributed by atoms with Gasteiger partial charge in [-0.25, -0.2) is 8.42 Å². The van der Waals surface area contributed by atoms with E-state index < -0.39 is 10.0 Å². The average molecular weight is 598 g/mol. The first-order valence-electron chi connectivity index (χ1n) is 14.4. The number of hydrogen-bond acceptors (Lipinski definition) is 4. The number of nitrogens with zero attached hydrogens (tertiary/aromatic N) is 1. The Morgan fingerprint density at radius 2 is 1.44 bits per heavy atom. The predicted octanol–water partition coefficient (Wildman–Crippen LogP) is 7.61.